The van der Waals surface area contributed by atoms with Crippen LogP contribution in [0.1, 0.15) is 26.6 Å². The molecule has 1 aromatic heterocycles. The summed E-state index contributed by atoms with van der Waals surface area (Å²) in [5.41, 5.74) is 3.10. The maximum atomic E-state index is 5.62. The summed E-state index contributed by atoms with van der Waals surface area (Å²) in [4.78, 5) is 4.45. The van der Waals surface area contributed by atoms with Crippen molar-refractivity contribution in [2.45, 2.75) is 20.8 Å². The van der Waals surface area contributed by atoms with Crippen molar-refractivity contribution in [3.63, 3.8) is 0 Å². The van der Waals surface area contributed by atoms with Gasteiger partial charge in [0, 0.05) is 5.57 Å². The average Bonchev–Trinajstić information content (AvgIpc) is 2.87. The van der Waals surface area contributed by atoms with Gasteiger partial charge in [0.1, 0.15) is 6.61 Å². The molecule has 0 saturated heterocycles. The Labute approximate surface area is 119 Å². The zero-order valence-electron chi connectivity index (χ0n) is 12.1. The molecule has 4 nitrogen and oxygen atoms in total. The Morgan fingerprint density at radius 2 is 2.20 bits per heavy atom. The highest BCUT2D eigenvalue weighted by Gasteiger charge is 2.20. The van der Waals surface area contributed by atoms with Crippen molar-refractivity contribution in [1.82, 2.24) is 14.8 Å². The highest BCUT2D eigenvalue weighted by molar-refractivity contribution is 5.71. The first-order chi connectivity index (χ1) is 9.71. The minimum atomic E-state index is 0.532. The Balaban J connectivity index is 2.46. The van der Waals surface area contributed by atoms with Crippen LogP contribution >= 0.6 is 0 Å². The number of aromatic nitrogens is 3. The summed E-state index contributed by atoms with van der Waals surface area (Å²) in [6.45, 7) is 10.2. The van der Waals surface area contributed by atoms with Crippen molar-refractivity contribution in [3.05, 3.63) is 54.4 Å². The third kappa shape index (κ3) is 2.64. The maximum absolute atomic E-state index is 5.62. The smallest absolute Gasteiger partial charge is 0.320 e. The number of ether oxygens (including phenoxy) is 1. The second kappa shape index (κ2) is 6.19. The normalized spacial score (nSPS) is 15.8. The molecule has 2 rings (SSSR count). The van der Waals surface area contributed by atoms with Crippen LogP contribution < -0.4 is 4.74 Å². The third-order valence-electron chi connectivity index (χ3n) is 2.97. The van der Waals surface area contributed by atoms with Gasteiger partial charge in [-0.25, -0.2) is 0 Å². The summed E-state index contributed by atoms with van der Waals surface area (Å²) in [6.07, 6.45) is 11.5. The molecule has 0 spiro atoms. The minimum Gasteiger partial charge on any atom is -0.459 e. The van der Waals surface area contributed by atoms with Gasteiger partial charge in [0.15, 0.2) is 5.82 Å². The van der Waals surface area contributed by atoms with Crippen LogP contribution in [0.15, 0.2) is 48.6 Å². The molecule has 1 aliphatic heterocycles. The van der Waals surface area contributed by atoms with E-state index >= 15 is 0 Å². The lowest BCUT2D eigenvalue weighted by molar-refractivity contribution is 0.305. The van der Waals surface area contributed by atoms with Crippen molar-refractivity contribution in [1.29, 1.82) is 0 Å². The summed E-state index contributed by atoms with van der Waals surface area (Å²) in [5.74, 6) is 0.650. The van der Waals surface area contributed by atoms with Crippen LogP contribution in [0.2, 0.25) is 0 Å². The Morgan fingerprint density at radius 1 is 1.40 bits per heavy atom. The van der Waals surface area contributed by atoms with Crippen LogP contribution in [0.4, 0.5) is 0 Å². The summed E-state index contributed by atoms with van der Waals surface area (Å²) < 4.78 is 7.37. The van der Waals surface area contributed by atoms with Crippen LogP contribution in [-0.2, 0) is 0 Å². The predicted octanol–water partition coefficient (Wildman–Crippen LogP) is 3.62. The van der Waals surface area contributed by atoms with Gasteiger partial charge in [0.05, 0.1) is 5.70 Å². The van der Waals surface area contributed by atoms with Gasteiger partial charge >= 0.3 is 6.01 Å². The Morgan fingerprint density at radius 3 is 2.85 bits per heavy atom. The van der Waals surface area contributed by atoms with Gasteiger partial charge in [-0.1, -0.05) is 37.0 Å². The molecule has 0 unspecified atom stereocenters. The van der Waals surface area contributed by atoms with Crippen molar-refractivity contribution in [2.24, 2.45) is 0 Å². The number of hydrogen-bond acceptors (Lipinski definition) is 3. The number of allylic oxidation sites excluding steroid dienone is 8. The van der Waals surface area contributed by atoms with E-state index in [0.29, 0.717) is 18.4 Å². The monoisotopic (exact) mass is 269 g/mol. The third-order valence-corrected chi connectivity index (χ3v) is 2.97. The molecule has 1 aliphatic rings. The largest absolute Gasteiger partial charge is 0.459 e. The van der Waals surface area contributed by atoms with E-state index in [9.17, 15) is 0 Å². The van der Waals surface area contributed by atoms with Gasteiger partial charge < -0.3 is 4.74 Å². The first kappa shape index (κ1) is 14.1. The fourth-order valence-electron chi connectivity index (χ4n) is 1.94. The molecule has 0 radical (unpaired) electrons. The molecule has 0 saturated carbocycles. The molecule has 0 aromatic carbocycles. The lowest BCUT2D eigenvalue weighted by Crippen LogP contribution is -2.14. The quantitative estimate of drug-likeness (QED) is 0.784. The molecule has 0 amide bonds. The number of rotatable bonds is 4. The van der Waals surface area contributed by atoms with Crippen molar-refractivity contribution in [2.75, 3.05) is 6.61 Å². The molecule has 1 aromatic rings. The molecule has 2 heterocycles. The molecular weight excluding hydrogens is 250 g/mol. The van der Waals surface area contributed by atoms with Gasteiger partial charge in [-0.3, -0.25) is 0 Å². The molecule has 104 valence electrons. The summed E-state index contributed by atoms with van der Waals surface area (Å²) in [5, 5.41) is 4.54. The summed E-state index contributed by atoms with van der Waals surface area (Å²) >= 11 is 0. The highest BCUT2D eigenvalue weighted by Crippen LogP contribution is 2.26. The van der Waals surface area contributed by atoms with Gasteiger partial charge in [-0.2, -0.15) is 9.67 Å². The Bertz CT molecular complexity index is 630. The lowest BCUT2D eigenvalue weighted by Gasteiger charge is -2.16. The molecule has 4 heteroatoms. The van der Waals surface area contributed by atoms with Crippen LogP contribution in [0.25, 0.3) is 11.3 Å². The van der Waals surface area contributed by atoms with Crippen molar-refractivity contribution < 1.29 is 4.74 Å². The van der Waals surface area contributed by atoms with Crippen LogP contribution in [-0.4, -0.2) is 21.4 Å². The van der Waals surface area contributed by atoms with E-state index in [0.717, 1.165) is 16.8 Å². The average molecular weight is 269 g/mol. The number of fused-ring (bicyclic) bond motifs is 1. The minimum absolute atomic E-state index is 0.532. The zero-order valence-corrected chi connectivity index (χ0v) is 12.1. The van der Waals surface area contributed by atoms with Crippen LogP contribution in [0.5, 0.6) is 6.01 Å². The highest BCUT2D eigenvalue weighted by atomic mass is 16.5. The molecule has 0 bridgehead atoms. The molecular formula is C16H19N3O. The predicted molar refractivity (Wildman–Crippen MR) is 82.2 cm³/mol. The lowest BCUT2D eigenvalue weighted by atomic mass is 10.2. The van der Waals surface area contributed by atoms with E-state index in [2.05, 4.69) is 16.7 Å². The Hall–Kier alpha value is -2.36. The summed E-state index contributed by atoms with van der Waals surface area (Å²) in [6, 6.07) is 0.532. The van der Waals surface area contributed by atoms with Gasteiger partial charge in [0.25, 0.3) is 0 Å². The number of nitrogens with zero attached hydrogens (tertiary/aromatic N) is 3. The maximum Gasteiger partial charge on any atom is 0.320 e. The zero-order chi connectivity index (χ0) is 14.5. The van der Waals surface area contributed by atoms with Gasteiger partial charge in [0.2, 0.25) is 0 Å². The first-order valence-electron chi connectivity index (χ1n) is 6.59. The van der Waals surface area contributed by atoms with E-state index in [1.54, 1.807) is 10.8 Å². The second-order valence-electron chi connectivity index (χ2n) is 4.42. The SMILES string of the molecule is C=C/C=C\C(=C/C)c1nc2n(n1)C(/C=C\C)=C(C)CO2. The molecule has 0 atom stereocenters. The topological polar surface area (TPSA) is 39.9 Å². The van der Waals surface area contributed by atoms with Gasteiger partial charge in [-0.05, 0) is 32.4 Å². The van der Waals surface area contributed by atoms with E-state index in [1.165, 1.54) is 0 Å². The molecule has 0 aliphatic carbocycles. The van der Waals surface area contributed by atoms with Crippen LogP contribution in [0, 0.1) is 0 Å². The van der Waals surface area contributed by atoms with E-state index in [4.69, 9.17) is 4.74 Å². The fraction of sp³-hybridized carbons (Fsp3) is 0.250. The van der Waals surface area contributed by atoms with E-state index in [-0.39, 0.29) is 0 Å². The molecule has 0 fully saturated rings. The van der Waals surface area contributed by atoms with Crippen LogP contribution in [0.3, 0.4) is 0 Å². The Kier molecular flexibility index (Phi) is 4.35. The first-order valence-corrected chi connectivity index (χ1v) is 6.59. The van der Waals surface area contributed by atoms with Crippen molar-refractivity contribution in [3.8, 4) is 6.01 Å². The molecule has 20 heavy (non-hydrogen) atoms. The number of hydrogen-bond donors (Lipinski definition) is 0. The molecule has 0 N–H and O–H groups in total. The van der Waals surface area contributed by atoms with E-state index in [1.807, 2.05) is 51.2 Å². The fourth-order valence-corrected chi connectivity index (χ4v) is 1.94. The summed E-state index contributed by atoms with van der Waals surface area (Å²) in [7, 11) is 0. The second-order valence-corrected chi connectivity index (χ2v) is 4.42. The van der Waals surface area contributed by atoms with Crippen molar-refractivity contribution >= 4 is 11.3 Å². The van der Waals surface area contributed by atoms with E-state index < -0.39 is 0 Å². The standard InChI is InChI=1S/C16H19N3O/c1-5-8-10-13(7-3)15-17-16-19(18-15)14(9-6-2)12(4)11-20-16/h5-10H,1,11H2,2-4H3/b9-6-,10-8-,13-7+. The van der Waals surface area contributed by atoms with Gasteiger partial charge in [-0.15, -0.1) is 5.10 Å².